The normalized spacial score (nSPS) is 17.4. The molecule has 1 saturated heterocycles. The molecule has 2 heterocycles. The van der Waals surface area contributed by atoms with Gasteiger partial charge >= 0.3 is 0 Å². The summed E-state index contributed by atoms with van der Waals surface area (Å²) in [6.45, 7) is 5.08. The summed E-state index contributed by atoms with van der Waals surface area (Å²) < 4.78 is 0. The minimum Gasteiger partial charge on any atom is -0.339 e. The molecule has 1 unspecified atom stereocenters. The van der Waals surface area contributed by atoms with Crippen molar-refractivity contribution in [3.05, 3.63) is 47.9 Å². The Morgan fingerprint density at radius 2 is 2.04 bits per heavy atom. The zero-order valence-electron chi connectivity index (χ0n) is 15.0. The second-order valence-electron chi connectivity index (χ2n) is 6.48. The maximum Gasteiger partial charge on any atom is 0.274 e. The molecule has 1 atom stereocenters. The molecule has 0 radical (unpaired) electrons. The molecule has 1 aliphatic rings. The molecule has 0 bridgehead atoms. The number of benzene rings is 1. The average molecular weight is 338 g/mol. The quantitative estimate of drug-likeness (QED) is 0.888. The zero-order valence-corrected chi connectivity index (χ0v) is 15.0. The van der Waals surface area contributed by atoms with Crippen molar-refractivity contribution >= 4 is 17.4 Å². The highest BCUT2D eigenvalue weighted by molar-refractivity contribution is 5.92. The molecule has 2 aromatic rings. The average Bonchev–Trinajstić information content (AvgIpc) is 2.68. The van der Waals surface area contributed by atoms with Gasteiger partial charge in [0, 0.05) is 18.3 Å². The topological polar surface area (TPSA) is 58.1 Å². The van der Waals surface area contributed by atoms with E-state index in [1.165, 1.54) is 12.0 Å². The van der Waals surface area contributed by atoms with Crippen LogP contribution in [-0.4, -0.2) is 33.4 Å². The first kappa shape index (κ1) is 17.4. The molecule has 1 fully saturated rings. The van der Waals surface area contributed by atoms with Crippen molar-refractivity contribution in [2.45, 2.75) is 52.0 Å². The molecule has 1 aliphatic heterocycles. The minimum atomic E-state index is -0.000409. The molecular formula is C20H26N4O. The van der Waals surface area contributed by atoms with E-state index in [0.29, 0.717) is 17.6 Å². The van der Waals surface area contributed by atoms with Crippen molar-refractivity contribution in [2.75, 3.05) is 11.9 Å². The lowest BCUT2D eigenvalue weighted by Crippen LogP contribution is -2.43. The van der Waals surface area contributed by atoms with E-state index in [4.69, 9.17) is 0 Å². The van der Waals surface area contributed by atoms with Crippen LogP contribution < -0.4 is 5.32 Å². The van der Waals surface area contributed by atoms with Gasteiger partial charge < -0.3 is 10.2 Å². The Morgan fingerprint density at radius 3 is 2.76 bits per heavy atom. The van der Waals surface area contributed by atoms with Gasteiger partial charge in [-0.05, 0) is 43.7 Å². The van der Waals surface area contributed by atoms with Gasteiger partial charge in [-0.1, -0.05) is 32.0 Å². The van der Waals surface area contributed by atoms with Gasteiger partial charge in [0.1, 0.15) is 11.5 Å². The summed E-state index contributed by atoms with van der Waals surface area (Å²) >= 11 is 0. The van der Waals surface area contributed by atoms with Gasteiger partial charge in [0.15, 0.2) is 0 Å². The molecule has 3 rings (SSSR count). The number of piperidine rings is 1. The zero-order chi connectivity index (χ0) is 17.6. The Balaban J connectivity index is 1.72. The Hall–Kier alpha value is -2.43. The van der Waals surface area contributed by atoms with Gasteiger partial charge in [-0.25, -0.2) is 9.97 Å². The second kappa shape index (κ2) is 8.10. The van der Waals surface area contributed by atoms with Crippen LogP contribution in [0.4, 0.5) is 11.5 Å². The third-order valence-corrected chi connectivity index (χ3v) is 4.89. The van der Waals surface area contributed by atoms with E-state index in [1.807, 2.05) is 23.1 Å². The maximum absolute atomic E-state index is 12.7. The Morgan fingerprint density at radius 1 is 1.20 bits per heavy atom. The lowest BCUT2D eigenvalue weighted by atomic mass is 10.00. The molecule has 5 heteroatoms. The van der Waals surface area contributed by atoms with E-state index in [2.05, 4.69) is 35.2 Å². The molecule has 5 nitrogen and oxygen atoms in total. The van der Waals surface area contributed by atoms with E-state index in [1.54, 1.807) is 12.4 Å². The van der Waals surface area contributed by atoms with Crippen LogP contribution in [0.1, 0.15) is 55.6 Å². The number of nitrogens with zero attached hydrogens (tertiary/aromatic N) is 3. The summed E-state index contributed by atoms with van der Waals surface area (Å²) in [7, 11) is 0. The van der Waals surface area contributed by atoms with Crippen molar-refractivity contribution in [2.24, 2.45) is 0 Å². The van der Waals surface area contributed by atoms with E-state index >= 15 is 0 Å². The highest BCUT2D eigenvalue weighted by Crippen LogP contribution is 2.22. The van der Waals surface area contributed by atoms with Crippen LogP contribution in [0.5, 0.6) is 0 Å². The number of likely N-dealkylation sites (tertiary alicyclic amines) is 1. The van der Waals surface area contributed by atoms with Crippen molar-refractivity contribution in [3.63, 3.8) is 0 Å². The minimum absolute atomic E-state index is 0.000409. The van der Waals surface area contributed by atoms with Gasteiger partial charge in [-0.3, -0.25) is 4.79 Å². The van der Waals surface area contributed by atoms with Crippen LogP contribution >= 0.6 is 0 Å². The number of anilines is 2. The molecule has 1 aromatic carbocycles. The summed E-state index contributed by atoms with van der Waals surface area (Å²) in [4.78, 5) is 23.5. The van der Waals surface area contributed by atoms with Crippen LogP contribution in [0.2, 0.25) is 0 Å². The van der Waals surface area contributed by atoms with Crippen molar-refractivity contribution in [1.82, 2.24) is 14.9 Å². The first-order chi connectivity index (χ1) is 12.2. The number of hydrogen-bond donors (Lipinski definition) is 1. The smallest absolute Gasteiger partial charge is 0.274 e. The van der Waals surface area contributed by atoms with E-state index in [0.717, 1.165) is 37.9 Å². The van der Waals surface area contributed by atoms with E-state index in [-0.39, 0.29) is 5.91 Å². The Kier molecular flexibility index (Phi) is 5.64. The highest BCUT2D eigenvalue weighted by atomic mass is 16.2. The molecule has 0 aliphatic carbocycles. The number of hydrogen-bond acceptors (Lipinski definition) is 4. The van der Waals surface area contributed by atoms with Crippen LogP contribution in [0, 0.1) is 0 Å². The number of aryl methyl sites for hydroxylation is 1. The van der Waals surface area contributed by atoms with Gasteiger partial charge in [0.05, 0.1) is 12.4 Å². The largest absolute Gasteiger partial charge is 0.339 e. The fourth-order valence-corrected chi connectivity index (χ4v) is 3.43. The summed E-state index contributed by atoms with van der Waals surface area (Å²) in [5.41, 5.74) is 2.68. The SMILES string of the molecule is CCc1ccccc1Nc1cnc(C(=O)N2CCCCC2CC)cn1. The fraction of sp³-hybridized carbons (Fsp3) is 0.450. The van der Waals surface area contributed by atoms with Crippen LogP contribution in [0.15, 0.2) is 36.7 Å². The van der Waals surface area contributed by atoms with Gasteiger partial charge in [-0.2, -0.15) is 0 Å². The number of nitrogens with one attached hydrogen (secondary N) is 1. The number of amides is 1. The summed E-state index contributed by atoms with van der Waals surface area (Å²) in [6.07, 6.45) is 8.53. The molecule has 1 amide bonds. The first-order valence-corrected chi connectivity index (χ1v) is 9.20. The molecule has 132 valence electrons. The molecule has 0 spiro atoms. The van der Waals surface area contributed by atoms with Crippen molar-refractivity contribution in [3.8, 4) is 0 Å². The van der Waals surface area contributed by atoms with E-state index in [9.17, 15) is 4.79 Å². The lowest BCUT2D eigenvalue weighted by molar-refractivity contribution is 0.0601. The number of rotatable bonds is 5. The molecule has 0 saturated carbocycles. The molecular weight excluding hydrogens is 312 g/mol. The first-order valence-electron chi connectivity index (χ1n) is 9.20. The standard InChI is InChI=1S/C20H26N4O/c1-3-15-9-5-6-11-17(15)23-19-14-21-18(13-22-19)20(25)24-12-8-7-10-16(24)4-2/h5-6,9,11,13-14,16H,3-4,7-8,10,12H2,1-2H3,(H,22,23). The predicted molar refractivity (Wildman–Crippen MR) is 100 cm³/mol. The second-order valence-corrected chi connectivity index (χ2v) is 6.48. The monoisotopic (exact) mass is 338 g/mol. The number of carbonyl (C=O) groups excluding carboxylic acids is 1. The van der Waals surface area contributed by atoms with Crippen molar-refractivity contribution in [1.29, 1.82) is 0 Å². The fourth-order valence-electron chi connectivity index (χ4n) is 3.43. The van der Waals surface area contributed by atoms with Crippen LogP contribution in [0.25, 0.3) is 0 Å². The third-order valence-electron chi connectivity index (χ3n) is 4.89. The van der Waals surface area contributed by atoms with Gasteiger partial charge in [0.2, 0.25) is 0 Å². The third kappa shape index (κ3) is 3.98. The van der Waals surface area contributed by atoms with Crippen molar-refractivity contribution < 1.29 is 4.79 Å². The lowest BCUT2D eigenvalue weighted by Gasteiger charge is -2.34. The number of para-hydroxylation sites is 1. The molecule has 25 heavy (non-hydrogen) atoms. The Labute approximate surface area is 149 Å². The summed E-state index contributed by atoms with van der Waals surface area (Å²) in [5, 5.41) is 3.29. The molecule has 1 N–H and O–H groups in total. The predicted octanol–water partition coefficient (Wildman–Crippen LogP) is 4.19. The van der Waals surface area contributed by atoms with Crippen LogP contribution in [0.3, 0.4) is 0 Å². The van der Waals surface area contributed by atoms with E-state index < -0.39 is 0 Å². The highest BCUT2D eigenvalue weighted by Gasteiger charge is 2.27. The summed E-state index contributed by atoms with van der Waals surface area (Å²) in [5.74, 6) is 0.655. The number of carbonyl (C=O) groups is 1. The Bertz CT molecular complexity index is 714. The maximum atomic E-state index is 12.7. The van der Waals surface area contributed by atoms with Crippen LogP contribution in [-0.2, 0) is 6.42 Å². The van der Waals surface area contributed by atoms with Gasteiger partial charge in [-0.15, -0.1) is 0 Å². The number of aromatic nitrogens is 2. The summed E-state index contributed by atoms with van der Waals surface area (Å²) in [6, 6.07) is 8.47. The van der Waals surface area contributed by atoms with Gasteiger partial charge in [0.25, 0.3) is 5.91 Å². The molecule has 1 aromatic heterocycles.